The first-order valence-electron chi connectivity index (χ1n) is 6.58. The topological polar surface area (TPSA) is 66.0 Å². The van der Waals surface area contributed by atoms with Gasteiger partial charge in [0.2, 0.25) is 5.91 Å². The molecule has 118 valence electrons. The average molecular weight is 354 g/mol. The number of hydrogen-bond donors (Lipinski definition) is 1. The van der Waals surface area contributed by atoms with Crippen molar-refractivity contribution >= 4 is 21.8 Å². The molecule has 0 bridgehead atoms. The van der Waals surface area contributed by atoms with Crippen molar-refractivity contribution in [1.82, 2.24) is 5.32 Å². The Hall–Kier alpha value is -0.470. The number of amides is 1. The molecule has 0 rings (SSSR count). The molecule has 7 heteroatoms. The Morgan fingerprint density at radius 1 is 0.900 bits per heavy atom. The monoisotopic (exact) mass is 353 g/mol. The minimum absolute atomic E-state index is 0.192. The third-order valence-electron chi connectivity index (χ3n) is 2.07. The number of rotatable bonds is 15. The van der Waals surface area contributed by atoms with Crippen LogP contribution in [-0.4, -0.2) is 70.6 Å². The molecule has 0 saturated heterocycles. The Kier molecular flexibility index (Phi) is 16.2. The second-order valence-corrected chi connectivity index (χ2v) is 4.43. The summed E-state index contributed by atoms with van der Waals surface area (Å²) >= 11 is 3.27. The molecule has 0 heterocycles. The third kappa shape index (κ3) is 15.6. The van der Waals surface area contributed by atoms with Crippen LogP contribution in [-0.2, 0) is 23.7 Å². The SMILES string of the molecule is C=CC(=O)NCCOCCOCCOCCOCCBr. The molecule has 0 saturated carbocycles. The van der Waals surface area contributed by atoms with E-state index < -0.39 is 0 Å². The number of carbonyl (C=O) groups excluding carboxylic acids is 1. The van der Waals surface area contributed by atoms with Crippen LogP contribution in [0.15, 0.2) is 12.7 Å². The maximum atomic E-state index is 10.8. The molecule has 0 aromatic heterocycles. The first-order chi connectivity index (χ1) is 9.81. The van der Waals surface area contributed by atoms with Crippen LogP contribution in [0.4, 0.5) is 0 Å². The van der Waals surface area contributed by atoms with Crippen molar-refractivity contribution in [2.45, 2.75) is 0 Å². The highest BCUT2D eigenvalue weighted by Gasteiger charge is 1.94. The minimum atomic E-state index is -0.192. The molecule has 1 N–H and O–H groups in total. The summed E-state index contributed by atoms with van der Waals surface area (Å²) in [7, 11) is 0. The van der Waals surface area contributed by atoms with E-state index in [1.807, 2.05) is 0 Å². The third-order valence-corrected chi connectivity index (χ3v) is 2.39. The van der Waals surface area contributed by atoms with E-state index in [2.05, 4.69) is 27.8 Å². The molecule has 0 radical (unpaired) electrons. The molecular weight excluding hydrogens is 330 g/mol. The van der Waals surface area contributed by atoms with E-state index in [-0.39, 0.29) is 5.91 Å². The van der Waals surface area contributed by atoms with Gasteiger partial charge in [-0.15, -0.1) is 0 Å². The van der Waals surface area contributed by atoms with E-state index >= 15 is 0 Å². The van der Waals surface area contributed by atoms with Gasteiger partial charge in [0.15, 0.2) is 0 Å². The molecule has 0 aromatic carbocycles. The summed E-state index contributed by atoms with van der Waals surface area (Å²) in [5.41, 5.74) is 0. The molecule has 0 spiro atoms. The molecule has 0 fully saturated rings. The van der Waals surface area contributed by atoms with Gasteiger partial charge in [0.05, 0.1) is 52.9 Å². The van der Waals surface area contributed by atoms with Crippen LogP contribution in [0.2, 0.25) is 0 Å². The number of nitrogens with one attached hydrogen (secondary N) is 1. The van der Waals surface area contributed by atoms with Gasteiger partial charge in [0, 0.05) is 11.9 Å². The Morgan fingerprint density at radius 2 is 1.35 bits per heavy atom. The van der Waals surface area contributed by atoms with Crippen molar-refractivity contribution in [3.05, 3.63) is 12.7 Å². The first-order valence-corrected chi connectivity index (χ1v) is 7.70. The summed E-state index contributed by atoms with van der Waals surface area (Å²) in [5.74, 6) is -0.192. The Morgan fingerprint density at radius 3 is 1.80 bits per heavy atom. The predicted molar refractivity (Wildman–Crippen MR) is 80.3 cm³/mol. The Balaban J connectivity index is 2.99. The van der Waals surface area contributed by atoms with E-state index in [0.29, 0.717) is 59.4 Å². The zero-order valence-electron chi connectivity index (χ0n) is 11.8. The highest BCUT2D eigenvalue weighted by molar-refractivity contribution is 9.09. The molecule has 0 aliphatic carbocycles. The van der Waals surface area contributed by atoms with Gasteiger partial charge >= 0.3 is 0 Å². The summed E-state index contributed by atoms with van der Waals surface area (Å²) in [5, 5.41) is 3.46. The summed E-state index contributed by atoms with van der Waals surface area (Å²) in [4.78, 5) is 10.8. The lowest BCUT2D eigenvalue weighted by atomic mass is 10.5. The molecule has 0 aliphatic rings. The first kappa shape index (κ1) is 19.5. The summed E-state index contributed by atoms with van der Waals surface area (Å²) in [6, 6.07) is 0. The molecule has 0 aromatic rings. The van der Waals surface area contributed by atoms with Gasteiger partial charge in [-0.25, -0.2) is 0 Å². The largest absolute Gasteiger partial charge is 0.378 e. The zero-order valence-corrected chi connectivity index (χ0v) is 13.4. The van der Waals surface area contributed by atoms with E-state index in [4.69, 9.17) is 18.9 Å². The van der Waals surface area contributed by atoms with E-state index in [1.54, 1.807) is 0 Å². The summed E-state index contributed by atoms with van der Waals surface area (Å²) < 4.78 is 21.1. The van der Waals surface area contributed by atoms with Crippen molar-refractivity contribution < 1.29 is 23.7 Å². The van der Waals surface area contributed by atoms with Gasteiger partial charge in [0.25, 0.3) is 0 Å². The fraction of sp³-hybridized carbons (Fsp3) is 0.769. The van der Waals surface area contributed by atoms with Crippen molar-refractivity contribution in [3.63, 3.8) is 0 Å². The summed E-state index contributed by atoms with van der Waals surface area (Å²) in [6.07, 6.45) is 1.23. The minimum Gasteiger partial charge on any atom is -0.378 e. The highest BCUT2D eigenvalue weighted by atomic mass is 79.9. The van der Waals surface area contributed by atoms with Crippen LogP contribution in [0.3, 0.4) is 0 Å². The molecule has 1 amide bonds. The number of hydrogen-bond acceptors (Lipinski definition) is 5. The van der Waals surface area contributed by atoms with E-state index in [1.165, 1.54) is 6.08 Å². The van der Waals surface area contributed by atoms with E-state index in [0.717, 1.165) is 5.33 Å². The standard InChI is InChI=1S/C13H24BrNO5/c1-2-13(16)15-4-6-18-8-10-20-12-11-19-9-7-17-5-3-14/h2H,1,3-12H2,(H,15,16). The number of carbonyl (C=O) groups is 1. The average Bonchev–Trinajstić information content (AvgIpc) is 2.47. The van der Waals surface area contributed by atoms with Gasteiger partial charge in [0.1, 0.15) is 0 Å². The second-order valence-electron chi connectivity index (χ2n) is 3.63. The number of ether oxygens (including phenoxy) is 4. The lowest BCUT2D eigenvalue weighted by Gasteiger charge is -2.07. The molecule has 0 unspecified atom stereocenters. The zero-order chi connectivity index (χ0) is 14.9. The van der Waals surface area contributed by atoms with Crippen molar-refractivity contribution in [2.75, 3.05) is 64.7 Å². The van der Waals surface area contributed by atoms with Crippen LogP contribution in [0.1, 0.15) is 0 Å². The lowest BCUT2D eigenvalue weighted by Crippen LogP contribution is -2.25. The smallest absolute Gasteiger partial charge is 0.243 e. The molecular formula is C13H24BrNO5. The van der Waals surface area contributed by atoms with Crippen LogP contribution in [0.5, 0.6) is 0 Å². The highest BCUT2D eigenvalue weighted by Crippen LogP contribution is 1.84. The second kappa shape index (κ2) is 16.6. The van der Waals surface area contributed by atoms with Crippen LogP contribution < -0.4 is 5.32 Å². The molecule has 20 heavy (non-hydrogen) atoms. The lowest BCUT2D eigenvalue weighted by molar-refractivity contribution is -0.116. The van der Waals surface area contributed by atoms with Crippen molar-refractivity contribution in [1.29, 1.82) is 0 Å². The van der Waals surface area contributed by atoms with Crippen LogP contribution in [0.25, 0.3) is 0 Å². The van der Waals surface area contributed by atoms with Crippen LogP contribution >= 0.6 is 15.9 Å². The molecule has 0 aliphatic heterocycles. The predicted octanol–water partition coefficient (Wildman–Crippen LogP) is 0.750. The van der Waals surface area contributed by atoms with Gasteiger partial charge in [-0.2, -0.15) is 0 Å². The Bertz CT molecular complexity index is 241. The fourth-order valence-corrected chi connectivity index (χ4v) is 1.36. The fourth-order valence-electron chi connectivity index (χ4n) is 1.13. The van der Waals surface area contributed by atoms with Gasteiger partial charge < -0.3 is 24.3 Å². The summed E-state index contributed by atoms with van der Waals surface area (Å²) in [6.45, 7) is 8.26. The van der Waals surface area contributed by atoms with Gasteiger partial charge in [-0.3, -0.25) is 4.79 Å². The number of halogens is 1. The normalized spacial score (nSPS) is 10.4. The van der Waals surface area contributed by atoms with Crippen molar-refractivity contribution in [2.24, 2.45) is 0 Å². The van der Waals surface area contributed by atoms with Crippen LogP contribution in [0, 0.1) is 0 Å². The van der Waals surface area contributed by atoms with E-state index in [9.17, 15) is 4.79 Å². The van der Waals surface area contributed by atoms with Gasteiger partial charge in [-0.05, 0) is 6.08 Å². The maximum Gasteiger partial charge on any atom is 0.243 e. The molecule has 6 nitrogen and oxygen atoms in total. The number of alkyl halides is 1. The van der Waals surface area contributed by atoms with Gasteiger partial charge in [-0.1, -0.05) is 22.5 Å². The maximum absolute atomic E-state index is 10.8. The van der Waals surface area contributed by atoms with Crippen molar-refractivity contribution in [3.8, 4) is 0 Å². The quantitative estimate of drug-likeness (QED) is 0.267. The molecule has 0 atom stereocenters. The Labute approximate surface area is 128 Å².